The molecule has 0 bridgehead atoms. The molecule has 10 nitrogen and oxygen atoms in total. The molecule has 12 heteroatoms. The van der Waals surface area contributed by atoms with Crippen LogP contribution in [0.4, 0.5) is 27.4 Å². The number of anilines is 4. The summed E-state index contributed by atoms with van der Waals surface area (Å²) in [6, 6.07) is 12.4. The molecule has 2 aliphatic heterocycles. The van der Waals surface area contributed by atoms with E-state index in [2.05, 4.69) is 22.2 Å². The van der Waals surface area contributed by atoms with Crippen molar-refractivity contribution in [1.29, 1.82) is 0 Å². The summed E-state index contributed by atoms with van der Waals surface area (Å²) >= 11 is 0. The number of benzene rings is 2. The highest BCUT2D eigenvalue weighted by Gasteiger charge is 2.28. The Labute approximate surface area is 226 Å². The average Bonchev–Trinajstić information content (AvgIpc) is 3.51. The van der Waals surface area contributed by atoms with Gasteiger partial charge in [-0.2, -0.15) is 4.98 Å². The predicted octanol–water partition coefficient (Wildman–Crippen LogP) is 3.60. The van der Waals surface area contributed by atoms with Crippen LogP contribution in [-0.2, 0) is 10.0 Å². The van der Waals surface area contributed by atoms with Crippen molar-refractivity contribution in [2.45, 2.75) is 6.42 Å². The molecule has 0 amide bonds. The minimum absolute atomic E-state index is 0.178. The first kappa shape index (κ1) is 25.4. The molecule has 2 fully saturated rings. The topological polar surface area (TPSA) is 95.8 Å². The summed E-state index contributed by atoms with van der Waals surface area (Å²) in [7, 11) is 0.373. The zero-order valence-electron chi connectivity index (χ0n) is 21.8. The first-order valence-corrected chi connectivity index (χ1v) is 14.5. The molecule has 4 aromatic rings. The van der Waals surface area contributed by atoms with E-state index in [-0.39, 0.29) is 11.6 Å². The van der Waals surface area contributed by atoms with Gasteiger partial charge in [-0.05, 0) is 43.8 Å². The van der Waals surface area contributed by atoms with Crippen LogP contribution in [0.5, 0.6) is 5.75 Å². The maximum absolute atomic E-state index is 15.2. The van der Waals surface area contributed by atoms with Gasteiger partial charge in [-0.3, -0.25) is 4.31 Å². The van der Waals surface area contributed by atoms with Gasteiger partial charge < -0.3 is 24.4 Å². The molecule has 0 atom stereocenters. The number of ether oxygens (including phenoxy) is 1. The van der Waals surface area contributed by atoms with Crippen molar-refractivity contribution < 1.29 is 17.5 Å². The van der Waals surface area contributed by atoms with Crippen LogP contribution < -0.4 is 19.3 Å². The minimum Gasteiger partial charge on any atom is -0.494 e. The second kappa shape index (κ2) is 10.0. The molecule has 2 aromatic heterocycles. The molecule has 4 heterocycles. The van der Waals surface area contributed by atoms with Gasteiger partial charge in [0.15, 0.2) is 0 Å². The molecule has 2 aromatic carbocycles. The van der Waals surface area contributed by atoms with Crippen LogP contribution in [0.2, 0.25) is 0 Å². The SMILES string of the molecule is COc1cc(N2CCN(C)CC2)c(F)cc1Nc1ncc2ccn(-c3ccc(N4CCCS4(=O)=O)cc3)c2n1. The second-order valence-corrected chi connectivity index (χ2v) is 11.8. The van der Waals surface area contributed by atoms with Gasteiger partial charge in [0.1, 0.15) is 17.2 Å². The molecule has 0 saturated carbocycles. The van der Waals surface area contributed by atoms with Crippen LogP contribution >= 0.6 is 0 Å². The maximum Gasteiger partial charge on any atom is 0.235 e. The van der Waals surface area contributed by atoms with E-state index in [1.807, 2.05) is 33.9 Å². The normalized spacial score (nSPS) is 17.6. The average molecular weight is 552 g/mol. The lowest BCUT2D eigenvalue weighted by Crippen LogP contribution is -2.44. The number of nitrogens with zero attached hydrogens (tertiary/aromatic N) is 6. The molecule has 0 unspecified atom stereocenters. The van der Waals surface area contributed by atoms with E-state index in [0.717, 1.165) is 37.3 Å². The van der Waals surface area contributed by atoms with Gasteiger partial charge in [-0.15, -0.1) is 0 Å². The molecule has 2 aliphatic rings. The number of nitrogens with one attached hydrogen (secondary N) is 1. The van der Waals surface area contributed by atoms with Crippen LogP contribution in [0.15, 0.2) is 54.9 Å². The first-order valence-electron chi connectivity index (χ1n) is 12.9. The lowest BCUT2D eigenvalue weighted by atomic mass is 10.2. The van der Waals surface area contributed by atoms with E-state index in [1.54, 1.807) is 31.5 Å². The Bertz CT molecular complexity index is 1620. The molecule has 1 N–H and O–H groups in total. The molecule has 0 radical (unpaired) electrons. The molecule has 2 saturated heterocycles. The third-order valence-electron chi connectivity index (χ3n) is 7.30. The number of halogens is 1. The molecule has 0 aliphatic carbocycles. The number of piperazine rings is 1. The number of hydrogen-bond donors (Lipinski definition) is 1. The van der Waals surface area contributed by atoms with E-state index in [4.69, 9.17) is 9.72 Å². The van der Waals surface area contributed by atoms with Crippen molar-refractivity contribution in [3.05, 3.63) is 60.7 Å². The number of aromatic nitrogens is 3. The van der Waals surface area contributed by atoms with Gasteiger partial charge in [0.05, 0.1) is 29.9 Å². The van der Waals surface area contributed by atoms with Gasteiger partial charge in [0.25, 0.3) is 0 Å². The Kier molecular flexibility index (Phi) is 6.51. The van der Waals surface area contributed by atoms with E-state index in [1.165, 1.54) is 10.4 Å². The molecule has 204 valence electrons. The lowest BCUT2D eigenvalue weighted by molar-refractivity contribution is 0.311. The Balaban J connectivity index is 1.27. The molecule has 39 heavy (non-hydrogen) atoms. The molecular formula is C27H30FN7O3S. The van der Waals surface area contributed by atoms with Gasteiger partial charge in [0, 0.05) is 68.3 Å². The fourth-order valence-electron chi connectivity index (χ4n) is 5.12. The van der Waals surface area contributed by atoms with E-state index < -0.39 is 10.0 Å². The highest BCUT2D eigenvalue weighted by Crippen LogP contribution is 2.35. The number of methoxy groups -OCH3 is 1. The summed E-state index contributed by atoms with van der Waals surface area (Å²) in [5, 5.41) is 3.95. The van der Waals surface area contributed by atoms with E-state index in [0.29, 0.717) is 47.4 Å². The number of rotatable bonds is 6. The standard InChI is InChI=1S/C27H30FN7O3S/c1-32-11-13-33(14-12-32)24-17-25(38-2)23(16-22(24)28)30-27-29-18-19-8-10-34(26(19)31-27)20-4-6-21(7-5-20)35-9-3-15-39(35,36)37/h4-8,10,16-18H,3,9,11-15H2,1-2H3,(H,29,30,31). The van der Waals surface area contributed by atoms with Crippen molar-refractivity contribution in [3.8, 4) is 11.4 Å². The van der Waals surface area contributed by atoms with Gasteiger partial charge >= 0.3 is 0 Å². The number of sulfonamides is 1. The summed E-state index contributed by atoms with van der Waals surface area (Å²) in [6.45, 7) is 3.73. The molecular weight excluding hydrogens is 521 g/mol. The largest absolute Gasteiger partial charge is 0.494 e. The third kappa shape index (κ3) is 4.85. The number of fused-ring (bicyclic) bond motifs is 1. The number of hydrogen-bond acceptors (Lipinski definition) is 8. The van der Waals surface area contributed by atoms with Gasteiger partial charge in [0.2, 0.25) is 16.0 Å². The number of likely N-dealkylation sites (N-methyl/N-ethyl adjacent to an activating group) is 1. The van der Waals surface area contributed by atoms with E-state index >= 15 is 4.39 Å². The smallest absolute Gasteiger partial charge is 0.235 e. The highest BCUT2D eigenvalue weighted by molar-refractivity contribution is 7.93. The minimum atomic E-state index is -3.24. The monoisotopic (exact) mass is 551 g/mol. The summed E-state index contributed by atoms with van der Waals surface area (Å²) in [5.41, 5.74) is 3.08. The molecule has 6 rings (SSSR count). The van der Waals surface area contributed by atoms with Crippen LogP contribution in [0.3, 0.4) is 0 Å². The van der Waals surface area contributed by atoms with Crippen molar-refractivity contribution in [1.82, 2.24) is 19.4 Å². The summed E-state index contributed by atoms with van der Waals surface area (Å²) in [4.78, 5) is 13.4. The fraction of sp³-hybridized carbons (Fsp3) is 0.333. The van der Waals surface area contributed by atoms with Crippen LogP contribution in [0.1, 0.15) is 6.42 Å². The van der Waals surface area contributed by atoms with Crippen LogP contribution in [0.25, 0.3) is 16.7 Å². The lowest BCUT2D eigenvalue weighted by Gasteiger charge is -2.34. The van der Waals surface area contributed by atoms with Crippen molar-refractivity contribution in [3.63, 3.8) is 0 Å². The third-order valence-corrected chi connectivity index (χ3v) is 9.17. The Hall–Kier alpha value is -3.90. The van der Waals surface area contributed by atoms with Crippen LogP contribution in [0, 0.1) is 5.82 Å². The fourth-order valence-corrected chi connectivity index (χ4v) is 6.68. The molecule has 0 spiro atoms. The second-order valence-electron chi connectivity index (χ2n) is 9.84. The van der Waals surface area contributed by atoms with Crippen molar-refractivity contribution in [2.75, 3.05) is 67.2 Å². The quantitative estimate of drug-likeness (QED) is 0.389. The summed E-state index contributed by atoms with van der Waals surface area (Å²) in [5.74, 6) is 0.633. The summed E-state index contributed by atoms with van der Waals surface area (Å²) < 4.78 is 48.7. The maximum atomic E-state index is 15.2. The first-order chi connectivity index (χ1) is 18.8. The van der Waals surface area contributed by atoms with Crippen LogP contribution in [-0.4, -0.2) is 80.5 Å². The van der Waals surface area contributed by atoms with Crippen molar-refractivity contribution in [2.24, 2.45) is 0 Å². The summed E-state index contributed by atoms with van der Waals surface area (Å²) in [6.07, 6.45) is 4.22. The van der Waals surface area contributed by atoms with E-state index in [9.17, 15) is 8.42 Å². The predicted molar refractivity (Wildman–Crippen MR) is 151 cm³/mol. The Morgan fingerprint density at radius 2 is 1.74 bits per heavy atom. The Morgan fingerprint density at radius 3 is 2.44 bits per heavy atom. The highest BCUT2D eigenvalue weighted by atomic mass is 32.2. The van der Waals surface area contributed by atoms with Crippen molar-refractivity contribution >= 4 is 44.1 Å². The van der Waals surface area contributed by atoms with Gasteiger partial charge in [-0.1, -0.05) is 0 Å². The zero-order valence-corrected chi connectivity index (χ0v) is 22.7. The Morgan fingerprint density at radius 1 is 1.00 bits per heavy atom. The zero-order chi connectivity index (χ0) is 27.1. The van der Waals surface area contributed by atoms with Gasteiger partial charge in [-0.25, -0.2) is 17.8 Å².